The SMILES string of the molecule is CCNC(=NCc1ccc(C(N)=O)o1)N1CCC(=Cc2ccccc2)CC1. The van der Waals surface area contributed by atoms with Gasteiger partial charge in [-0.15, -0.1) is 0 Å². The number of benzene rings is 1. The number of carbonyl (C=O) groups is 1. The summed E-state index contributed by atoms with van der Waals surface area (Å²) in [5.41, 5.74) is 7.94. The summed E-state index contributed by atoms with van der Waals surface area (Å²) < 4.78 is 5.41. The molecule has 0 aliphatic carbocycles. The standard InChI is InChI=1S/C21H26N4O2/c1-2-23-21(24-15-18-8-9-19(27-18)20(22)26)25-12-10-17(11-13-25)14-16-6-4-3-5-7-16/h3-9,14H,2,10-13,15H2,1H3,(H2,22,26)(H,23,24). The highest BCUT2D eigenvalue weighted by Gasteiger charge is 2.17. The number of nitrogens with two attached hydrogens (primary N) is 1. The molecule has 27 heavy (non-hydrogen) atoms. The Kier molecular flexibility index (Phi) is 6.30. The molecule has 1 aromatic heterocycles. The van der Waals surface area contributed by atoms with Crippen LogP contribution in [-0.4, -0.2) is 36.4 Å². The van der Waals surface area contributed by atoms with Crippen LogP contribution in [0.1, 0.15) is 41.6 Å². The Morgan fingerprint density at radius 3 is 2.59 bits per heavy atom. The van der Waals surface area contributed by atoms with Crippen LogP contribution in [0.2, 0.25) is 0 Å². The Morgan fingerprint density at radius 1 is 1.22 bits per heavy atom. The summed E-state index contributed by atoms with van der Waals surface area (Å²) in [6.45, 7) is 5.08. The fourth-order valence-corrected chi connectivity index (χ4v) is 3.11. The molecule has 0 atom stereocenters. The number of likely N-dealkylation sites (tertiary alicyclic amines) is 1. The first-order valence-electron chi connectivity index (χ1n) is 9.32. The van der Waals surface area contributed by atoms with Crippen LogP contribution in [0.5, 0.6) is 0 Å². The molecule has 3 N–H and O–H groups in total. The zero-order chi connectivity index (χ0) is 19.1. The van der Waals surface area contributed by atoms with Gasteiger partial charge in [-0.05, 0) is 37.5 Å². The van der Waals surface area contributed by atoms with E-state index >= 15 is 0 Å². The number of nitrogens with zero attached hydrogens (tertiary/aromatic N) is 2. The Balaban J connectivity index is 1.62. The third kappa shape index (κ3) is 5.23. The first kappa shape index (κ1) is 18.8. The molecule has 0 radical (unpaired) electrons. The number of primary amides is 1. The summed E-state index contributed by atoms with van der Waals surface area (Å²) in [5.74, 6) is 1.10. The first-order chi connectivity index (χ1) is 13.2. The topological polar surface area (TPSA) is 83.9 Å². The number of furan rings is 1. The van der Waals surface area contributed by atoms with E-state index in [4.69, 9.17) is 10.2 Å². The Hall–Kier alpha value is -3.02. The van der Waals surface area contributed by atoms with Crippen molar-refractivity contribution in [2.75, 3.05) is 19.6 Å². The van der Waals surface area contributed by atoms with E-state index in [0.29, 0.717) is 12.3 Å². The number of aliphatic imine (C=N–C) groups is 1. The molecule has 1 amide bonds. The van der Waals surface area contributed by atoms with Crippen molar-refractivity contribution >= 4 is 17.9 Å². The van der Waals surface area contributed by atoms with Crippen LogP contribution in [0.25, 0.3) is 6.08 Å². The van der Waals surface area contributed by atoms with Gasteiger partial charge in [0, 0.05) is 19.6 Å². The molecule has 0 saturated carbocycles. The maximum absolute atomic E-state index is 11.1. The van der Waals surface area contributed by atoms with Crippen molar-refractivity contribution in [2.24, 2.45) is 10.7 Å². The fraction of sp³-hybridized carbons (Fsp3) is 0.333. The lowest BCUT2D eigenvalue weighted by molar-refractivity contribution is 0.0972. The molecule has 0 bridgehead atoms. The Labute approximate surface area is 159 Å². The Bertz CT molecular complexity index is 814. The number of carbonyl (C=O) groups excluding carboxylic acids is 1. The molecule has 1 aromatic carbocycles. The van der Waals surface area contributed by atoms with E-state index in [-0.39, 0.29) is 5.76 Å². The van der Waals surface area contributed by atoms with Crippen LogP contribution >= 0.6 is 0 Å². The van der Waals surface area contributed by atoms with Gasteiger partial charge in [-0.1, -0.05) is 42.0 Å². The molecule has 0 unspecified atom stereocenters. The average molecular weight is 366 g/mol. The van der Waals surface area contributed by atoms with E-state index in [1.54, 1.807) is 12.1 Å². The lowest BCUT2D eigenvalue weighted by atomic mass is 10.0. The highest BCUT2D eigenvalue weighted by molar-refractivity contribution is 5.89. The predicted molar refractivity (Wildman–Crippen MR) is 107 cm³/mol. The van der Waals surface area contributed by atoms with E-state index in [9.17, 15) is 4.79 Å². The van der Waals surface area contributed by atoms with Gasteiger partial charge >= 0.3 is 0 Å². The van der Waals surface area contributed by atoms with Gasteiger partial charge in [0.2, 0.25) is 0 Å². The minimum atomic E-state index is -0.564. The summed E-state index contributed by atoms with van der Waals surface area (Å²) >= 11 is 0. The third-order valence-electron chi connectivity index (χ3n) is 4.50. The number of hydrogen-bond donors (Lipinski definition) is 2. The van der Waals surface area contributed by atoms with E-state index in [1.807, 2.05) is 6.07 Å². The normalized spacial score (nSPS) is 14.9. The minimum Gasteiger partial charge on any atom is -0.454 e. The van der Waals surface area contributed by atoms with Crippen LogP contribution in [0, 0.1) is 0 Å². The number of hydrogen-bond acceptors (Lipinski definition) is 3. The number of guanidine groups is 1. The second-order valence-electron chi connectivity index (χ2n) is 6.50. The van der Waals surface area contributed by atoms with E-state index < -0.39 is 5.91 Å². The predicted octanol–water partition coefficient (Wildman–Crippen LogP) is 3.02. The number of nitrogens with one attached hydrogen (secondary N) is 1. The second kappa shape index (κ2) is 9.07. The molecule has 2 aromatic rings. The van der Waals surface area contributed by atoms with Crippen LogP contribution in [0.15, 0.2) is 57.4 Å². The van der Waals surface area contributed by atoms with Crippen LogP contribution in [-0.2, 0) is 6.54 Å². The summed E-state index contributed by atoms with van der Waals surface area (Å²) in [6, 6.07) is 13.8. The van der Waals surface area contributed by atoms with E-state index in [1.165, 1.54) is 11.1 Å². The molecular formula is C21H26N4O2. The molecule has 6 nitrogen and oxygen atoms in total. The number of rotatable bonds is 5. The van der Waals surface area contributed by atoms with Gasteiger partial charge in [0.15, 0.2) is 11.7 Å². The van der Waals surface area contributed by atoms with Crippen molar-refractivity contribution in [3.05, 3.63) is 65.1 Å². The van der Waals surface area contributed by atoms with Crippen molar-refractivity contribution in [3.63, 3.8) is 0 Å². The van der Waals surface area contributed by atoms with Crippen LogP contribution in [0.3, 0.4) is 0 Å². The van der Waals surface area contributed by atoms with Gasteiger partial charge in [-0.2, -0.15) is 0 Å². The summed E-state index contributed by atoms with van der Waals surface area (Å²) in [5, 5.41) is 3.34. The maximum atomic E-state index is 11.1. The van der Waals surface area contributed by atoms with Gasteiger partial charge in [0.1, 0.15) is 12.3 Å². The van der Waals surface area contributed by atoms with Crippen LogP contribution in [0.4, 0.5) is 0 Å². The summed E-state index contributed by atoms with van der Waals surface area (Å²) in [4.78, 5) is 18.1. The van der Waals surface area contributed by atoms with Crippen molar-refractivity contribution in [1.29, 1.82) is 0 Å². The van der Waals surface area contributed by atoms with Gasteiger partial charge in [0.25, 0.3) is 5.91 Å². The summed E-state index contributed by atoms with van der Waals surface area (Å²) in [6.07, 6.45) is 4.33. The molecule has 0 spiro atoms. The molecule has 3 rings (SSSR count). The minimum absolute atomic E-state index is 0.166. The zero-order valence-corrected chi connectivity index (χ0v) is 15.6. The molecule has 1 fully saturated rings. The lowest BCUT2D eigenvalue weighted by Crippen LogP contribution is -2.44. The molecule has 1 aliphatic rings. The van der Waals surface area contributed by atoms with E-state index in [0.717, 1.165) is 38.4 Å². The Morgan fingerprint density at radius 2 is 1.96 bits per heavy atom. The van der Waals surface area contributed by atoms with Crippen molar-refractivity contribution in [1.82, 2.24) is 10.2 Å². The highest BCUT2D eigenvalue weighted by Crippen LogP contribution is 2.19. The quantitative estimate of drug-likeness (QED) is 0.629. The fourth-order valence-electron chi connectivity index (χ4n) is 3.11. The number of piperidine rings is 1. The third-order valence-corrected chi connectivity index (χ3v) is 4.50. The smallest absolute Gasteiger partial charge is 0.284 e. The molecule has 6 heteroatoms. The van der Waals surface area contributed by atoms with Gasteiger partial charge in [-0.25, -0.2) is 4.99 Å². The maximum Gasteiger partial charge on any atom is 0.284 e. The van der Waals surface area contributed by atoms with Crippen molar-refractivity contribution in [2.45, 2.75) is 26.3 Å². The van der Waals surface area contributed by atoms with Gasteiger partial charge < -0.3 is 20.4 Å². The van der Waals surface area contributed by atoms with Gasteiger partial charge in [-0.3, -0.25) is 4.79 Å². The molecule has 142 valence electrons. The molecule has 2 heterocycles. The summed E-state index contributed by atoms with van der Waals surface area (Å²) in [7, 11) is 0. The molecule has 1 aliphatic heterocycles. The molecular weight excluding hydrogens is 340 g/mol. The molecule has 1 saturated heterocycles. The van der Waals surface area contributed by atoms with Crippen molar-refractivity contribution < 1.29 is 9.21 Å². The second-order valence-corrected chi connectivity index (χ2v) is 6.50. The van der Waals surface area contributed by atoms with Crippen LogP contribution < -0.4 is 11.1 Å². The highest BCUT2D eigenvalue weighted by atomic mass is 16.3. The van der Waals surface area contributed by atoms with Crippen molar-refractivity contribution in [3.8, 4) is 0 Å². The lowest BCUT2D eigenvalue weighted by Gasteiger charge is -2.31. The zero-order valence-electron chi connectivity index (χ0n) is 15.6. The monoisotopic (exact) mass is 366 g/mol. The largest absolute Gasteiger partial charge is 0.454 e. The van der Waals surface area contributed by atoms with E-state index in [2.05, 4.69) is 52.5 Å². The number of amides is 1. The first-order valence-corrected chi connectivity index (χ1v) is 9.32. The van der Waals surface area contributed by atoms with Gasteiger partial charge in [0.05, 0.1) is 0 Å². The average Bonchev–Trinajstić information content (AvgIpc) is 3.16.